The molecule has 2 heteroatoms. The van der Waals surface area contributed by atoms with E-state index in [1.807, 2.05) is 0 Å². The molecule has 0 unspecified atom stereocenters. The van der Waals surface area contributed by atoms with Crippen LogP contribution in [0.25, 0.3) is 0 Å². The Bertz CT molecular complexity index is 195. The van der Waals surface area contributed by atoms with E-state index in [0.717, 1.165) is 13.1 Å². The third-order valence-electron chi connectivity index (χ3n) is 2.80. The van der Waals surface area contributed by atoms with Gasteiger partial charge in [0.15, 0.2) is 0 Å². The van der Waals surface area contributed by atoms with Gasteiger partial charge in [-0.1, -0.05) is 0 Å². The molecule has 0 aromatic rings. The van der Waals surface area contributed by atoms with Crippen LogP contribution in [0.5, 0.6) is 0 Å². The first-order valence-corrected chi connectivity index (χ1v) is 5.56. The minimum absolute atomic E-state index is 0.217. The van der Waals surface area contributed by atoms with Crippen LogP contribution in [0.3, 0.4) is 0 Å². The van der Waals surface area contributed by atoms with Gasteiger partial charge < -0.3 is 5.32 Å². The first kappa shape index (κ1) is 12.0. The van der Waals surface area contributed by atoms with Crippen LogP contribution in [0, 0.1) is 0 Å². The summed E-state index contributed by atoms with van der Waals surface area (Å²) in [6.45, 7) is 18.3. The first-order valence-electron chi connectivity index (χ1n) is 5.56. The lowest BCUT2D eigenvalue weighted by atomic mass is 9.88. The van der Waals surface area contributed by atoms with Gasteiger partial charge in [-0.2, -0.15) is 0 Å². The van der Waals surface area contributed by atoms with Gasteiger partial charge >= 0.3 is 0 Å². The van der Waals surface area contributed by atoms with Gasteiger partial charge in [0.05, 0.1) is 0 Å². The van der Waals surface area contributed by atoms with Crippen molar-refractivity contribution in [2.75, 3.05) is 13.1 Å². The number of nitrogens with zero attached hydrogens (tertiary/aromatic N) is 1. The SMILES string of the molecule is CC1(C)CN(C(C)(C)C)CC(C)(C)N1. The molecule has 0 spiro atoms. The van der Waals surface area contributed by atoms with E-state index in [0.29, 0.717) is 0 Å². The molecule has 1 aliphatic heterocycles. The van der Waals surface area contributed by atoms with Gasteiger partial charge in [-0.15, -0.1) is 0 Å². The lowest BCUT2D eigenvalue weighted by Gasteiger charge is -2.52. The molecule has 0 aliphatic carbocycles. The number of piperazine rings is 1. The normalized spacial score (nSPS) is 27.6. The van der Waals surface area contributed by atoms with Crippen LogP contribution in [0.2, 0.25) is 0 Å². The average molecular weight is 198 g/mol. The summed E-state index contributed by atoms with van der Waals surface area (Å²) in [6, 6.07) is 0. The molecule has 0 radical (unpaired) electrons. The maximum atomic E-state index is 3.69. The van der Waals surface area contributed by atoms with Gasteiger partial charge in [0, 0.05) is 29.7 Å². The molecule has 1 rings (SSSR count). The third kappa shape index (κ3) is 2.96. The Kier molecular flexibility index (Phi) is 2.75. The maximum Gasteiger partial charge on any atom is 0.0257 e. The lowest BCUT2D eigenvalue weighted by molar-refractivity contribution is 0.0168. The van der Waals surface area contributed by atoms with E-state index < -0.39 is 0 Å². The molecule has 0 saturated carbocycles. The van der Waals surface area contributed by atoms with Crippen LogP contribution in [0.4, 0.5) is 0 Å². The van der Waals surface area contributed by atoms with Crippen molar-refractivity contribution in [1.82, 2.24) is 10.2 Å². The van der Waals surface area contributed by atoms with Crippen LogP contribution in [-0.4, -0.2) is 34.6 Å². The number of hydrogen-bond acceptors (Lipinski definition) is 2. The van der Waals surface area contributed by atoms with Crippen molar-refractivity contribution in [3.8, 4) is 0 Å². The molecular formula is C12H26N2. The predicted molar refractivity (Wildman–Crippen MR) is 62.6 cm³/mol. The van der Waals surface area contributed by atoms with E-state index in [1.54, 1.807) is 0 Å². The van der Waals surface area contributed by atoms with Crippen molar-refractivity contribution in [3.63, 3.8) is 0 Å². The van der Waals surface area contributed by atoms with Crippen LogP contribution in [0.15, 0.2) is 0 Å². The summed E-state index contributed by atoms with van der Waals surface area (Å²) in [5.74, 6) is 0. The number of nitrogens with one attached hydrogen (secondary N) is 1. The second kappa shape index (κ2) is 3.21. The summed E-state index contributed by atoms with van der Waals surface area (Å²) in [7, 11) is 0. The molecule has 0 amide bonds. The molecule has 84 valence electrons. The number of hydrogen-bond donors (Lipinski definition) is 1. The fourth-order valence-electron chi connectivity index (χ4n) is 2.48. The molecule has 1 heterocycles. The molecule has 0 aromatic carbocycles. The topological polar surface area (TPSA) is 15.3 Å². The second-order valence-corrected chi connectivity index (χ2v) is 6.92. The highest BCUT2D eigenvalue weighted by atomic mass is 15.3. The smallest absolute Gasteiger partial charge is 0.0257 e. The Hall–Kier alpha value is -0.0800. The van der Waals surface area contributed by atoms with E-state index in [2.05, 4.69) is 58.7 Å². The highest BCUT2D eigenvalue weighted by molar-refractivity contribution is 5.00. The largest absolute Gasteiger partial charge is 0.304 e. The summed E-state index contributed by atoms with van der Waals surface area (Å²) < 4.78 is 0. The first-order chi connectivity index (χ1) is 6.02. The fraction of sp³-hybridized carbons (Fsp3) is 1.00. The van der Waals surface area contributed by atoms with E-state index in [9.17, 15) is 0 Å². The molecule has 2 nitrogen and oxygen atoms in total. The zero-order valence-electron chi connectivity index (χ0n) is 10.9. The molecule has 14 heavy (non-hydrogen) atoms. The van der Waals surface area contributed by atoms with E-state index in [1.165, 1.54) is 0 Å². The maximum absolute atomic E-state index is 3.69. The van der Waals surface area contributed by atoms with Gasteiger partial charge in [0.1, 0.15) is 0 Å². The molecule has 0 bridgehead atoms. The van der Waals surface area contributed by atoms with Crippen molar-refractivity contribution in [1.29, 1.82) is 0 Å². The minimum Gasteiger partial charge on any atom is -0.304 e. The van der Waals surface area contributed by atoms with Crippen molar-refractivity contribution in [2.24, 2.45) is 0 Å². The summed E-state index contributed by atoms with van der Waals surface area (Å²) in [6.07, 6.45) is 0. The van der Waals surface area contributed by atoms with Crippen molar-refractivity contribution in [3.05, 3.63) is 0 Å². The average Bonchev–Trinajstić information content (AvgIpc) is 1.76. The van der Waals surface area contributed by atoms with Gasteiger partial charge in [-0.3, -0.25) is 4.90 Å². The van der Waals surface area contributed by atoms with Gasteiger partial charge in [-0.05, 0) is 48.5 Å². The van der Waals surface area contributed by atoms with E-state index in [-0.39, 0.29) is 16.6 Å². The fourth-order valence-corrected chi connectivity index (χ4v) is 2.48. The highest BCUT2D eigenvalue weighted by Gasteiger charge is 2.39. The highest BCUT2D eigenvalue weighted by Crippen LogP contribution is 2.26. The van der Waals surface area contributed by atoms with Gasteiger partial charge in [0.2, 0.25) is 0 Å². The molecule has 1 fully saturated rings. The summed E-state index contributed by atoms with van der Waals surface area (Å²) in [4.78, 5) is 2.57. The molecule has 0 atom stereocenters. The Balaban J connectivity index is 2.82. The Morgan fingerprint density at radius 1 is 0.929 bits per heavy atom. The molecule has 0 aromatic heterocycles. The molecule has 1 N–H and O–H groups in total. The van der Waals surface area contributed by atoms with E-state index >= 15 is 0 Å². The molecular weight excluding hydrogens is 172 g/mol. The Labute approximate surface area is 89.1 Å². The summed E-state index contributed by atoms with van der Waals surface area (Å²) >= 11 is 0. The van der Waals surface area contributed by atoms with Crippen LogP contribution >= 0.6 is 0 Å². The van der Waals surface area contributed by atoms with Crippen LogP contribution < -0.4 is 5.32 Å². The minimum atomic E-state index is 0.217. The van der Waals surface area contributed by atoms with E-state index in [4.69, 9.17) is 0 Å². The Morgan fingerprint density at radius 3 is 1.57 bits per heavy atom. The third-order valence-corrected chi connectivity index (χ3v) is 2.80. The van der Waals surface area contributed by atoms with Crippen molar-refractivity contribution < 1.29 is 0 Å². The monoisotopic (exact) mass is 198 g/mol. The van der Waals surface area contributed by atoms with Crippen molar-refractivity contribution >= 4 is 0 Å². The van der Waals surface area contributed by atoms with Crippen LogP contribution in [-0.2, 0) is 0 Å². The summed E-state index contributed by atoms with van der Waals surface area (Å²) in [5.41, 5.74) is 0.709. The number of rotatable bonds is 0. The zero-order valence-corrected chi connectivity index (χ0v) is 10.9. The quantitative estimate of drug-likeness (QED) is 0.642. The zero-order chi connectivity index (χ0) is 11.2. The van der Waals surface area contributed by atoms with Gasteiger partial charge in [-0.25, -0.2) is 0 Å². The second-order valence-electron chi connectivity index (χ2n) is 6.92. The standard InChI is InChI=1S/C12H26N2/c1-10(2,3)14-8-11(4,5)13-12(6,7)9-14/h13H,8-9H2,1-7H3. The Morgan fingerprint density at radius 2 is 1.29 bits per heavy atom. The van der Waals surface area contributed by atoms with Gasteiger partial charge in [0.25, 0.3) is 0 Å². The summed E-state index contributed by atoms with van der Waals surface area (Å²) in [5, 5.41) is 3.69. The molecule has 1 saturated heterocycles. The van der Waals surface area contributed by atoms with Crippen LogP contribution in [0.1, 0.15) is 48.5 Å². The molecule has 1 aliphatic rings. The lowest BCUT2D eigenvalue weighted by Crippen LogP contribution is -2.69. The van der Waals surface area contributed by atoms with Crippen molar-refractivity contribution in [2.45, 2.75) is 65.1 Å². The predicted octanol–water partition coefficient (Wildman–Crippen LogP) is 2.25.